The average Bonchev–Trinajstić information content (AvgIpc) is 3.08. The summed E-state index contributed by atoms with van der Waals surface area (Å²) in [5, 5.41) is 15.8. The highest BCUT2D eigenvalue weighted by Gasteiger charge is 2.62. The Kier molecular flexibility index (Phi) is 7.13. The van der Waals surface area contributed by atoms with Gasteiger partial charge < -0.3 is 9.57 Å². The molecule has 0 bridgehead atoms. The lowest BCUT2D eigenvalue weighted by Gasteiger charge is -2.58. The molecule has 4 aliphatic carbocycles. The Morgan fingerprint density at radius 1 is 1.20 bits per heavy atom. The van der Waals surface area contributed by atoms with Gasteiger partial charge in [0.25, 0.3) is 0 Å². The molecule has 0 N–H and O–H groups in total. The lowest BCUT2D eigenvalue weighted by atomic mass is 9.47. The summed E-state index contributed by atoms with van der Waals surface area (Å²) in [4.78, 5) is 39.7. The Hall–Kier alpha value is -2.25. The normalized spacial score (nSPS) is 40.6. The molecular weight excluding hydrogens is 448 g/mol. The molecule has 3 fully saturated rings. The van der Waals surface area contributed by atoms with Gasteiger partial charge in [0, 0.05) is 36.5 Å². The van der Waals surface area contributed by atoms with E-state index in [1.54, 1.807) is 6.92 Å². The Balaban J connectivity index is 1.62. The van der Waals surface area contributed by atoms with Gasteiger partial charge in [-0.05, 0) is 74.0 Å². The number of carbonyl (C=O) groups excluding carboxylic acids is 2. The molecule has 0 aromatic rings. The molecule has 4 rings (SSSR count). The van der Waals surface area contributed by atoms with Gasteiger partial charge in [-0.15, -0.1) is 0 Å². The first-order chi connectivity index (χ1) is 16.5. The number of nitro groups is 1. The van der Waals surface area contributed by atoms with E-state index in [1.807, 2.05) is 6.92 Å². The van der Waals surface area contributed by atoms with Gasteiger partial charge in [0.2, 0.25) is 6.54 Å². The molecule has 4 aliphatic rings. The van der Waals surface area contributed by atoms with E-state index >= 15 is 0 Å². The van der Waals surface area contributed by atoms with Crippen LogP contribution in [-0.4, -0.2) is 35.2 Å². The third-order valence-electron chi connectivity index (χ3n) is 9.98. The zero-order valence-corrected chi connectivity index (χ0v) is 21.7. The summed E-state index contributed by atoms with van der Waals surface area (Å²) in [5.41, 5.74) is 2.13. The van der Waals surface area contributed by atoms with Crippen LogP contribution in [0, 0.1) is 50.5 Å². The Morgan fingerprint density at radius 3 is 2.60 bits per heavy atom. The van der Waals surface area contributed by atoms with Gasteiger partial charge in [0.1, 0.15) is 6.10 Å². The molecule has 0 spiro atoms. The molecule has 8 nitrogen and oxygen atoms in total. The summed E-state index contributed by atoms with van der Waals surface area (Å²) in [6.07, 6.45) is 9.18. The standard InChI is InChI=1S/C27H40N2O6/c1-6-24(31)35-28-16(2)25-18(15-29(32)33)13-23-21-8-7-19-14-20(34-17(3)30)9-11-26(19,4)22(21)10-12-27(23,25)5/h7,18,20-23,25H,6,8-15H2,1-5H3/b28-16+. The average molecular weight is 489 g/mol. The maximum Gasteiger partial charge on any atom is 0.334 e. The third-order valence-corrected chi connectivity index (χ3v) is 9.98. The minimum absolute atomic E-state index is 0.0257. The van der Waals surface area contributed by atoms with Crippen LogP contribution in [0.1, 0.15) is 86.0 Å². The topological polar surface area (TPSA) is 108 Å². The van der Waals surface area contributed by atoms with Crippen LogP contribution in [0.2, 0.25) is 0 Å². The van der Waals surface area contributed by atoms with Gasteiger partial charge >= 0.3 is 11.9 Å². The second-order valence-corrected chi connectivity index (χ2v) is 11.8. The second-order valence-electron chi connectivity index (χ2n) is 11.8. The predicted octanol–water partition coefficient (Wildman–Crippen LogP) is 5.33. The van der Waals surface area contributed by atoms with E-state index in [1.165, 1.54) is 12.5 Å². The highest BCUT2D eigenvalue weighted by atomic mass is 16.7. The number of esters is 1. The molecular formula is C27H40N2O6. The molecule has 0 aromatic heterocycles. The SMILES string of the molecule is CCC(=O)O/N=C(\C)C1C(C[N+](=O)[O-])CC2C3CC=C4CC(OC(C)=O)CCC4(C)C3CCC21C. The van der Waals surface area contributed by atoms with Crippen molar-refractivity contribution in [1.29, 1.82) is 0 Å². The molecule has 8 atom stereocenters. The zero-order valence-electron chi connectivity index (χ0n) is 21.7. The summed E-state index contributed by atoms with van der Waals surface area (Å²) in [5.74, 6) is 0.589. The fraction of sp³-hybridized carbons (Fsp3) is 0.815. The molecule has 0 heterocycles. The summed E-state index contributed by atoms with van der Waals surface area (Å²) in [7, 11) is 0. The second kappa shape index (κ2) is 9.66. The molecule has 194 valence electrons. The Labute approximate surface area is 208 Å². The van der Waals surface area contributed by atoms with Crippen LogP contribution in [0.3, 0.4) is 0 Å². The highest BCUT2D eigenvalue weighted by molar-refractivity contribution is 5.86. The fourth-order valence-electron chi connectivity index (χ4n) is 8.58. The molecule has 0 amide bonds. The van der Waals surface area contributed by atoms with Crippen molar-refractivity contribution in [3.8, 4) is 0 Å². The lowest BCUT2D eigenvalue weighted by molar-refractivity contribution is -0.489. The summed E-state index contributed by atoms with van der Waals surface area (Å²) >= 11 is 0. The van der Waals surface area contributed by atoms with Crippen LogP contribution >= 0.6 is 0 Å². The molecule has 8 unspecified atom stereocenters. The van der Waals surface area contributed by atoms with Gasteiger partial charge in [-0.25, -0.2) is 4.79 Å². The maximum atomic E-state index is 11.7. The van der Waals surface area contributed by atoms with Crippen molar-refractivity contribution in [1.82, 2.24) is 0 Å². The minimum atomic E-state index is -0.388. The molecule has 35 heavy (non-hydrogen) atoms. The van der Waals surface area contributed by atoms with E-state index in [0.29, 0.717) is 23.5 Å². The highest BCUT2D eigenvalue weighted by Crippen LogP contribution is 2.67. The van der Waals surface area contributed by atoms with Crippen molar-refractivity contribution in [3.05, 3.63) is 21.8 Å². The van der Waals surface area contributed by atoms with Gasteiger partial charge in [-0.2, -0.15) is 0 Å². The van der Waals surface area contributed by atoms with Crippen molar-refractivity contribution >= 4 is 17.7 Å². The minimum Gasteiger partial charge on any atom is -0.462 e. The Morgan fingerprint density at radius 2 is 1.94 bits per heavy atom. The maximum absolute atomic E-state index is 11.7. The molecule has 0 aliphatic heterocycles. The van der Waals surface area contributed by atoms with Crippen LogP contribution in [0.5, 0.6) is 0 Å². The Bertz CT molecular complexity index is 944. The molecule has 8 heteroatoms. The van der Waals surface area contributed by atoms with E-state index in [0.717, 1.165) is 44.9 Å². The lowest BCUT2D eigenvalue weighted by Crippen LogP contribution is -2.51. The number of ether oxygens (including phenoxy) is 1. The van der Waals surface area contributed by atoms with E-state index in [-0.39, 0.29) is 58.6 Å². The number of nitrogens with zero attached hydrogens (tertiary/aromatic N) is 2. The summed E-state index contributed by atoms with van der Waals surface area (Å²) < 4.78 is 5.55. The number of allylic oxidation sites excluding steroid dienone is 1. The monoisotopic (exact) mass is 488 g/mol. The largest absolute Gasteiger partial charge is 0.462 e. The first kappa shape index (κ1) is 25.8. The number of hydrogen-bond acceptors (Lipinski definition) is 7. The number of fused-ring (bicyclic) bond motifs is 5. The fourth-order valence-corrected chi connectivity index (χ4v) is 8.58. The first-order valence-corrected chi connectivity index (χ1v) is 13.2. The van der Waals surface area contributed by atoms with Crippen molar-refractivity contribution in [2.45, 2.75) is 92.1 Å². The summed E-state index contributed by atoms with van der Waals surface area (Å²) in [6, 6.07) is 0. The van der Waals surface area contributed by atoms with Crippen molar-refractivity contribution < 1.29 is 24.1 Å². The van der Waals surface area contributed by atoms with Gasteiger partial charge in [-0.1, -0.05) is 37.6 Å². The van der Waals surface area contributed by atoms with E-state index in [4.69, 9.17) is 9.57 Å². The van der Waals surface area contributed by atoms with Crippen LogP contribution in [0.15, 0.2) is 16.8 Å². The smallest absolute Gasteiger partial charge is 0.334 e. The number of rotatable bonds is 6. The molecule has 0 aromatic carbocycles. The first-order valence-electron chi connectivity index (χ1n) is 13.2. The van der Waals surface area contributed by atoms with E-state index < -0.39 is 0 Å². The van der Waals surface area contributed by atoms with Crippen molar-refractivity contribution in [2.24, 2.45) is 45.6 Å². The van der Waals surface area contributed by atoms with Gasteiger partial charge in [-0.3, -0.25) is 14.9 Å². The number of hydrogen-bond donors (Lipinski definition) is 0. The quantitative estimate of drug-likeness (QED) is 0.125. The molecule has 3 saturated carbocycles. The van der Waals surface area contributed by atoms with Gasteiger partial charge in [0.15, 0.2) is 0 Å². The molecule has 0 saturated heterocycles. The van der Waals surface area contributed by atoms with Crippen molar-refractivity contribution in [3.63, 3.8) is 0 Å². The van der Waals surface area contributed by atoms with Crippen molar-refractivity contribution in [2.75, 3.05) is 6.54 Å². The third kappa shape index (κ3) is 4.65. The molecule has 0 radical (unpaired) electrons. The van der Waals surface area contributed by atoms with Gasteiger partial charge in [0.05, 0.1) is 5.71 Å². The summed E-state index contributed by atoms with van der Waals surface area (Å²) in [6.45, 7) is 9.68. The van der Waals surface area contributed by atoms with Crippen LogP contribution < -0.4 is 0 Å². The van der Waals surface area contributed by atoms with Crippen LogP contribution in [0.4, 0.5) is 0 Å². The van der Waals surface area contributed by atoms with E-state index in [2.05, 4.69) is 25.1 Å². The van der Waals surface area contributed by atoms with Crippen LogP contribution in [-0.2, 0) is 19.2 Å². The van der Waals surface area contributed by atoms with Crippen LogP contribution in [0.25, 0.3) is 0 Å². The number of oxime groups is 1. The van der Waals surface area contributed by atoms with E-state index in [9.17, 15) is 19.7 Å². The number of carbonyl (C=O) groups is 2. The predicted molar refractivity (Wildman–Crippen MR) is 131 cm³/mol. The zero-order chi connectivity index (χ0) is 25.5.